The van der Waals surface area contributed by atoms with Gasteiger partial charge < -0.3 is 19.9 Å². The number of hydrogen-bond donors (Lipinski definition) is 1. The summed E-state index contributed by atoms with van der Waals surface area (Å²) in [5, 5.41) is 3.41. The van der Waals surface area contributed by atoms with Crippen molar-refractivity contribution in [3.8, 4) is 5.75 Å². The molecule has 5 nitrogen and oxygen atoms in total. The molecule has 1 aliphatic heterocycles. The van der Waals surface area contributed by atoms with Crippen LogP contribution in [0.5, 0.6) is 5.75 Å². The molecule has 0 aromatic heterocycles. The lowest BCUT2D eigenvalue weighted by Gasteiger charge is -2.36. The van der Waals surface area contributed by atoms with Crippen molar-refractivity contribution >= 4 is 17.5 Å². The summed E-state index contributed by atoms with van der Waals surface area (Å²) in [5.41, 5.74) is 0.571. The van der Waals surface area contributed by atoms with E-state index in [9.17, 15) is 4.79 Å². The number of nitrogens with one attached hydrogen (secondary N) is 1. The summed E-state index contributed by atoms with van der Waals surface area (Å²) >= 11 is 6.39. The third-order valence-electron chi connectivity index (χ3n) is 5.65. The van der Waals surface area contributed by atoms with Crippen molar-refractivity contribution < 1.29 is 9.53 Å². The van der Waals surface area contributed by atoms with Gasteiger partial charge in [0.2, 0.25) is 0 Å². The largest absolute Gasteiger partial charge is 0.489 e. The molecule has 1 N–H and O–H groups in total. The topological polar surface area (TPSA) is 44.8 Å². The molecule has 1 aromatic rings. The third kappa shape index (κ3) is 5.84. The molecule has 6 heteroatoms. The highest BCUT2D eigenvalue weighted by atomic mass is 35.5. The number of likely N-dealkylation sites (tertiary alicyclic amines) is 1. The van der Waals surface area contributed by atoms with Gasteiger partial charge in [0.15, 0.2) is 0 Å². The number of rotatable bonds is 7. The fraction of sp³-hybridized carbons (Fsp3) is 0.667. The molecule has 0 atom stereocenters. The van der Waals surface area contributed by atoms with Gasteiger partial charge in [0.25, 0.3) is 5.91 Å². The zero-order chi connectivity index (χ0) is 19.2. The highest BCUT2D eigenvalue weighted by Gasteiger charge is 2.28. The Morgan fingerprint density at radius 3 is 2.56 bits per heavy atom. The van der Waals surface area contributed by atoms with Crippen LogP contribution in [0.25, 0.3) is 0 Å². The maximum atomic E-state index is 12.2. The lowest BCUT2D eigenvalue weighted by Crippen LogP contribution is -2.43. The van der Waals surface area contributed by atoms with Crippen LogP contribution in [0.1, 0.15) is 48.9 Å². The molecule has 3 rings (SSSR count). The number of hydrogen-bond acceptors (Lipinski definition) is 4. The molecule has 0 bridgehead atoms. The van der Waals surface area contributed by atoms with E-state index in [2.05, 4.69) is 10.2 Å². The second-order valence-electron chi connectivity index (χ2n) is 8.00. The van der Waals surface area contributed by atoms with Gasteiger partial charge in [-0.25, -0.2) is 0 Å². The zero-order valence-electron chi connectivity index (χ0n) is 16.5. The number of piperidine rings is 1. The molecule has 1 aromatic carbocycles. The molecule has 27 heavy (non-hydrogen) atoms. The lowest BCUT2D eigenvalue weighted by atomic mass is 10.0. The van der Waals surface area contributed by atoms with E-state index in [1.807, 2.05) is 25.1 Å². The van der Waals surface area contributed by atoms with E-state index in [0.29, 0.717) is 22.9 Å². The maximum Gasteiger partial charge on any atom is 0.251 e. The summed E-state index contributed by atoms with van der Waals surface area (Å²) in [7, 11) is 3.96. The van der Waals surface area contributed by atoms with Crippen LogP contribution < -0.4 is 10.1 Å². The number of ether oxygens (including phenoxy) is 1. The number of carbonyl (C=O) groups is 1. The van der Waals surface area contributed by atoms with Crippen molar-refractivity contribution in [1.29, 1.82) is 0 Å². The standard InChI is InChI=1S/C21H32ClN3O2/c1-24(2)14-11-23-21(26)16-7-8-20(19(22)15-16)27-18-9-12-25(13-10-18)17-5-3-4-6-17/h7-8,15,17-18H,3-6,9-14H2,1-2H3,(H,23,26). The van der Waals surface area contributed by atoms with E-state index in [-0.39, 0.29) is 12.0 Å². The van der Waals surface area contributed by atoms with Gasteiger partial charge in [-0.1, -0.05) is 24.4 Å². The second-order valence-corrected chi connectivity index (χ2v) is 8.40. The SMILES string of the molecule is CN(C)CCNC(=O)c1ccc(OC2CCN(C3CCCC3)CC2)c(Cl)c1. The summed E-state index contributed by atoms with van der Waals surface area (Å²) in [4.78, 5) is 16.9. The predicted molar refractivity (Wildman–Crippen MR) is 110 cm³/mol. The molecule has 1 saturated heterocycles. The highest BCUT2D eigenvalue weighted by Crippen LogP contribution is 2.30. The smallest absolute Gasteiger partial charge is 0.251 e. The third-order valence-corrected chi connectivity index (χ3v) is 5.95. The van der Waals surface area contributed by atoms with E-state index in [4.69, 9.17) is 16.3 Å². The maximum absolute atomic E-state index is 12.2. The summed E-state index contributed by atoms with van der Waals surface area (Å²) < 4.78 is 6.15. The normalized spacial score (nSPS) is 19.6. The molecule has 150 valence electrons. The zero-order valence-corrected chi connectivity index (χ0v) is 17.3. The molecule has 2 fully saturated rings. The van der Waals surface area contributed by atoms with Crippen LogP contribution in [-0.2, 0) is 0 Å². The lowest BCUT2D eigenvalue weighted by molar-refractivity contribution is 0.0768. The molecule has 0 unspecified atom stereocenters. The Hall–Kier alpha value is -1.30. The fourth-order valence-corrected chi connectivity index (χ4v) is 4.27. The molecule has 1 heterocycles. The Morgan fingerprint density at radius 2 is 1.93 bits per heavy atom. The summed E-state index contributed by atoms with van der Waals surface area (Å²) in [5.74, 6) is 0.580. The summed E-state index contributed by atoms with van der Waals surface area (Å²) in [6, 6.07) is 6.11. The summed E-state index contributed by atoms with van der Waals surface area (Å²) in [6.07, 6.45) is 7.77. The first-order chi connectivity index (χ1) is 13.0. The molecule has 0 radical (unpaired) electrons. The monoisotopic (exact) mass is 393 g/mol. The Balaban J connectivity index is 1.48. The first kappa shape index (κ1) is 20.4. The minimum absolute atomic E-state index is 0.102. The molecular formula is C21H32ClN3O2. The minimum Gasteiger partial charge on any atom is -0.489 e. The molecular weight excluding hydrogens is 362 g/mol. The molecule has 0 spiro atoms. The number of halogens is 1. The van der Waals surface area contributed by atoms with Crippen molar-refractivity contribution in [3.05, 3.63) is 28.8 Å². The van der Waals surface area contributed by atoms with Gasteiger partial charge in [-0.05, 0) is 58.0 Å². The predicted octanol–water partition coefficient (Wildman–Crippen LogP) is 3.42. The van der Waals surface area contributed by atoms with E-state index >= 15 is 0 Å². The average molecular weight is 394 g/mol. The van der Waals surface area contributed by atoms with E-state index in [1.165, 1.54) is 25.7 Å². The van der Waals surface area contributed by atoms with Crippen LogP contribution in [0, 0.1) is 0 Å². The van der Waals surface area contributed by atoms with Crippen LogP contribution in [0.15, 0.2) is 18.2 Å². The van der Waals surface area contributed by atoms with Gasteiger partial charge in [-0.2, -0.15) is 0 Å². The van der Waals surface area contributed by atoms with Crippen molar-refractivity contribution in [2.24, 2.45) is 0 Å². The van der Waals surface area contributed by atoms with Crippen LogP contribution >= 0.6 is 11.6 Å². The van der Waals surface area contributed by atoms with Gasteiger partial charge >= 0.3 is 0 Å². The van der Waals surface area contributed by atoms with Gasteiger partial charge in [-0.3, -0.25) is 4.79 Å². The fourth-order valence-electron chi connectivity index (χ4n) is 4.04. The number of benzene rings is 1. The molecule has 2 aliphatic rings. The average Bonchev–Trinajstić information content (AvgIpc) is 3.18. The van der Waals surface area contributed by atoms with Crippen molar-refractivity contribution in [1.82, 2.24) is 15.1 Å². The Bertz CT molecular complexity index is 624. The van der Waals surface area contributed by atoms with Gasteiger partial charge in [0.1, 0.15) is 11.9 Å². The van der Waals surface area contributed by atoms with Crippen molar-refractivity contribution in [2.45, 2.75) is 50.7 Å². The number of carbonyl (C=O) groups excluding carboxylic acids is 1. The molecule has 1 aliphatic carbocycles. The Morgan fingerprint density at radius 1 is 1.22 bits per heavy atom. The first-order valence-electron chi connectivity index (χ1n) is 10.2. The first-order valence-corrected chi connectivity index (χ1v) is 10.5. The van der Waals surface area contributed by atoms with E-state index in [1.54, 1.807) is 12.1 Å². The van der Waals surface area contributed by atoms with Crippen molar-refractivity contribution in [2.75, 3.05) is 40.3 Å². The second kappa shape index (κ2) is 9.76. The van der Waals surface area contributed by atoms with Crippen LogP contribution in [-0.4, -0.2) is 68.1 Å². The number of nitrogens with zero attached hydrogens (tertiary/aromatic N) is 2. The Kier molecular flexibility index (Phi) is 7.39. The van der Waals surface area contributed by atoms with Crippen LogP contribution in [0.2, 0.25) is 5.02 Å². The van der Waals surface area contributed by atoms with Gasteiger partial charge in [0, 0.05) is 37.8 Å². The quantitative estimate of drug-likeness (QED) is 0.771. The van der Waals surface area contributed by atoms with E-state index < -0.39 is 0 Å². The number of likely N-dealkylation sites (N-methyl/N-ethyl adjacent to an activating group) is 1. The minimum atomic E-state index is -0.102. The summed E-state index contributed by atoms with van der Waals surface area (Å²) in [6.45, 7) is 3.64. The van der Waals surface area contributed by atoms with Crippen LogP contribution in [0.4, 0.5) is 0 Å². The van der Waals surface area contributed by atoms with Crippen molar-refractivity contribution in [3.63, 3.8) is 0 Å². The van der Waals surface area contributed by atoms with Crippen LogP contribution in [0.3, 0.4) is 0 Å². The van der Waals surface area contributed by atoms with Gasteiger partial charge in [-0.15, -0.1) is 0 Å². The highest BCUT2D eigenvalue weighted by molar-refractivity contribution is 6.32. The number of amides is 1. The van der Waals surface area contributed by atoms with E-state index in [0.717, 1.165) is 38.5 Å². The van der Waals surface area contributed by atoms with Gasteiger partial charge in [0.05, 0.1) is 5.02 Å². The molecule has 1 saturated carbocycles. The Labute approximate surface area is 168 Å². The molecule has 1 amide bonds.